The molecule has 2 nitrogen and oxygen atoms in total. The molecule has 0 aromatic heterocycles. The van der Waals surface area contributed by atoms with Gasteiger partial charge in [-0.25, -0.2) is 0 Å². The van der Waals surface area contributed by atoms with Gasteiger partial charge in [0.2, 0.25) is 0 Å². The van der Waals surface area contributed by atoms with Gasteiger partial charge in [0.15, 0.2) is 0 Å². The van der Waals surface area contributed by atoms with Gasteiger partial charge in [-0.2, -0.15) is 0 Å². The highest BCUT2D eigenvalue weighted by Crippen LogP contribution is 1.88. The molecule has 12 heavy (non-hydrogen) atoms. The maximum absolute atomic E-state index is 5.47. The Balaban J connectivity index is 0. The molecular formula is C10H26N2. The maximum atomic E-state index is 5.47. The molecule has 0 aromatic carbocycles. The fraction of sp³-hybridized carbons (Fsp3) is 1.00. The van der Waals surface area contributed by atoms with E-state index in [0.717, 1.165) is 19.4 Å². The second kappa shape index (κ2) is 13.5. The van der Waals surface area contributed by atoms with E-state index in [4.69, 9.17) is 5.73 Å². The lowest BCUT2D eigenvalue weighted by Crippen LogP contribution is -2.16. The minimum atomic E-state index is 0.435. The maximum Gasteiger partial charge on any atom is 0.00335 e. The molecule has 0 aliphatic carbocycles. The molecule has 3 N–H and O–H groups in total. The highest BCUT2D eigenvalue weighted by molar-refractivity contribution is 4.51. The number of nitrogens with two attached hydrogens (primary N) is 1. The van der Waals surface area contributed by atoms with Gasteiger partial charge in [-0.05, 0) is 32.9 Å². The van der Waals surface area contributed by atoms with Gasteiger partial charge in [-0.3, -0.25) is 0 Å². The van der Waals surface area contributed by atoms with E-state index in [9.17, 15) is 0 Å². The van der Waals surface area contributed by atoms with Gasteiger partial charge in [-0.1, -0.05) is 27.2 Å². The van der Waals surface area contributed by atoms with Crippen LogP contribution >= 0.6 is 0 Å². The fourth-order valence-electron chi connectivity index (χ4n) is 0.642. The summed E-state index contributed by atoms with van der Waals surface area (Å²) in [4.78, 5) is 0. The third-order valence-electron chi connectivity index (χ3n) is 1.83. The first-order chi connectivity index (χ1) is 5.72. The van der Waals surface area contributed by atoms with Crippen molar-refractivity contribution in [3.8, 4) is 0 Å². The molecule has 0 rings (SSSR count). The van der Waals surface area contributed by atoms with Crippen LogP contribution in [0, 0.1) is 0 Å². The van der Waals surface area contributed by atoms with E-state index in [-0.39, 0.29) is 0 Å². The van der Waals surface area contributed by atoms with Crippen molar-refractivity contribution < 1.29 is 0 Å². The standard InChI is InChI=1S/2C5H13N/c1-3-4-5-6-2;1-3-5(6)4-2/h6H,3-5H2,1-2H3;5H,3-4,6H2,1-2H3. The summed E-state index contributed by atoms with van der Waals surface area (Å²) >= 11 is 0. The van der Waals surface area contributed by atoms with Crippen LogP contribution in [0.5, 0.6) is 0 Å². The summed E-state index contributed by atoms with van der Waals surface area (Å²) in [5, 5.41) is 3.07. The zero-order chi connectivity index (χ0) is 9.82. The molecule has 0 aromatic rings. The minimum absolute atomic E-state index is 0.435. The third kappa shape index (κ3) is 16.5. The molecule has 0 radical (unpaired) electrons. The summed E-state index contributed by atoms with van der Waals surface area (Å²) < 4.78 is 0. The van der Waals surface area contributed by atoms with Gasteiger partial charge < -0.3 is 11.1 Å². The van der Waals surface area contributed by atoms with Crippen molar-refractivity contribution in [1.82, 2.24) is 5.32 Å². The summed E-state index contributed by atoms with van der Waals surface area (Å²) in [5.74, 6) is 0. The molecule has 0 atom stereocenters. The van der Waals surface area contributed by atoms with E-state index in [1.54, 1.807) is 0 Å². The zero-order valence-electron chi connectivity index (χ0n) is 9.19. The third-order valence-corrected chi connectivity index (χ3v) is 1.83. The predicted octanol–water partition coefficient (Wildman–Crippen LogP) is 2.14. The number of hydrogen-bond acceptors (Lipinski definition) is 2. The second-order valence-electron chi connectivity index (χ2n) is 3.03. The van der Waals surface area contributed by atoms with Crippen molar-refractivity contribution in [2.24, 2.45) is 5.73 Å². The summed E-state index contributed by atoms with van der Waals surface area (Å²) in [7, 11) is 1.98. The van der Waals surface area contributed by atoms with Gasteiger partial charge >= 0.3 is 0 Å². The quantitative estimate of drug-likeness (QED) is 0.627. The summed E-state index contributed by atoms with van der Waals surface area (Å²) in [6, 6.07) is 0.435. The molecule has 0 saturated carbocycles. The van der Waals surface area contributed by atoms with Crippen LogP contribution in [0.4, 0.5) is 0 Å². The lowest BCUT2D eigenvalue weighted by Gasteiger charge is -1.99. The van der Waals surface area contributed by atoms with Gasteiger partial charge in [0.1, 0.15) is 0 Å². The van der Waals surface area contributed by atoms with Crippen LogP contribution in [0.3, 0.4) is 0 Å². The number of rotatable bonds is 5. The number of hydrogen-bond donors (Lipinski definition) is 2. The smallest absolute Gasteiger partial charge is 0.00335 e. The molecule has 0 aliphatic heterocycles. The van der Waals surface area contributed by atoms with Crippen molar-refractivity contribution in [3.63, 3.8) is 0 Å². The van der Waals surface area contributed by atoms with Crippen molar-refractivity contribution in [1.29, 1.82) is 0 Å². The Labute approximate surface area is 77.9 Å². The van der Waals surface area contributed by atoms with Gasteiger partial charge in [0.25, 0.3) is 0 Å². The summed E-state index contributed by atoms with van der Waals surface area (Å²) in [5.41, 5.74) is 5.47. The van der Waals surface area contributed by atoms with E-state index in [1.165, 1.54) is 12.8 Å². The van der Waals surface area contributed by atoms with Gasteiger partial charge in [-0.15, -0.1) is 0 Å². The van der Waals surface area contributed by atoms with Crippen LogP contribution in [-0.2, 0) is 0 Å². The molecule has 0 spiro atoms. The Hall–Kier alpha value is -0.0800. The van der Waals surface area contributed by atoms with Crippen LogP contribution in [0.15, 0.2) is 0 Å². The van der Waals surface area contributed by atoms with E-state index in [1.807, 2.05) is 7.05 Å². The number of nitrogens with one attached hydrogen (secondary N) is 1. The first kappa shape index (κ1) is 14.4. The SMILES string of the molecule is CCC(N)CC.CCCCNC. The first-order valence-corrected chi connectivity index (χ1v) is 5.12. The normalized spacial score (nSPS) is 9.50. The van der Waals surface area contributed by atoms with Gasteiger partial charge in [0.05, 0.1) is 0 Å². The molecule has 0 unspecified atom stereocenters. The highest BCUT2D eigenvalue weighted by Gasteiger charge is 1.88. The monoisotopic (exact) mass is 174 g/mol. The van der Waals surface area contributed by atoms with Crippen LogP contribution in [0.1, 0.15) is 46.5 Å². The average Bonchev–Trinajstić information content (AvgIpc) is 2.14. The summed E-state index contributed by atoms with van der Waals surface area (Å²) in [6.07, 6.45) is 4.81. The molecule has 0 aliphatic rings. The van der Waals surface area contributed by atoms with E-state index in [0.29, 0.717) is 6.04 Å². The van der Waals surface area contributed by atoms with Crippen molar-refractivity contribution in [3.05, 3.63) is 0 Å². The van der Waals surface area contributed by atoms with Gasteiger partial charge in [0, 0.05) is 6.04 Å². The summed E-state index contributed by atoms with van der Waals surface area (Å²) in [6.45, 7) is 7.57. The minimum Gasteiger partial charge on any atom is -0.328 e. The van der Waals surface area contributed by atoms with Crippen LogP contribution in [-0.4, -0.2) is 19.6 Å². The van der Waals surface area contributed by atoms with Crippen LogP contribution in [0.2, 0.25) is 0 Å². The topological polar surface area (TPSA) is 38.0 Å². The molecule has 0 fully saturated rings. The van der Waals surface area contributed by atoms with E-state index >= 15 is 0 Å². The predicted molar refractivity (Wildman–Crippen MR) is 57.4 cm³/mol. The lowest BCUT2D eigenvalue weighted by atomic mass is 10.2. The Kier molecular flexibility index (Phi) is 16.3. The molecule has 0 amide bonds. The molecule has 0 bridgehead atoms. The average molecular weight is 174 g/mol. The fourth-order valence-corrected chi connectivity index (χ4v) is 0.642. The molecule has 0 heterocycles. The van der Waals surface area contributed by atoms with Crippen LogP contribution < -0.4 is 11.1 Å². The Morgan fingerprint density at radius 3 is 1.75 bits per heavy atom. The van der Waals surface area contributed by atoms with Crippen molar-refractivity contribution >= 4 is 0 Å². The molecule has 76 valence electrons. The first-order valence-electron chi connectivity index (χ1n) is 5.12. The van der Waals surface area contributed by atoms with Crippen LogP contribution in [0.25, 0.3) is 0 Å². The van der Waals surface area contributed by atoms with Crippen molar-refractivity contribution in [2.75, 3.05) is 13.6 Å². The Morgan fingerprint density at radius 2 is 1.67 bits per heavy atom. The largest absolute Gasteiger partial charge is 0.328 e. The van der Waals surface area contributed by atoms with E-state index in [2.05, 4.69) is 26.1 Å². The van der Waals surface area contributed by atoms with Crippen molar-refractivity contribution in [2.45, 2.75) is 52.5 Å². The van der Waals surface area contributed by atoms with E-state index < -0.39 is 0 Å². The zero-order valence-corrected chi connectivity index (χ0v) is 9.19. The number of unbranched alkanes of at least 4 members (excludes halogenated alkanes) is 1. The molecular weight excluding hydrogens is 148 g/mol. The lowest BCUT2D eigenvalue weighted by molar-refractivity contribution is 0.629. The Bertz CT molecular complexity index is 56.9. The second-order valence-corrected chi connectivity index (χ2v) is 3.03. The highest BCUT2D eigenvalue weighted by atomic mass is 14.8. The molecule has 2 heteroatoms. The Morgan fingerprint density at radius 1 is 1.17 bits per heavy atom. The molecule has 0 saturated heterocycles.